The molecule has 0 bridgehead atoms. The number of amides is 1. The maximum absolute atomic E-state index is 12.5. The Morgan fingerprint density at radius 2 is 1.88 bits per heavy atom. The number of alkyl halides is 3. The Bertz CT molecular complexity index is 696. The normalized spacial score (nSPS) is 18.9. The standard InChI is InChI=1S/C19H22F3NO3/c1-18(2,3)26-17(25)23-11-10-13(12-23)4-9-16(24)14-5-7-15(8-6-14)19(20,21)22/h5-8,13,16,24H,10-12H2,1-3H3. The molecule has 2 rings (SSSR count). The minimum atomic E-state index is -4.41. The Kier molecular flexibility index (Phi) is 5.87. The number of aliphatic hydroxyl groups excluding tert-OH is 1. The number of carbonyl (C=O) groups is 1. The molecule has 1 aromatic carbocycles. The van der Waals surface area contributed by atoms with Gasteiger partial charge in [-0.05, 0) is 44.9 Å². The number of ether oxygens (including phenoxy) is 1. The van der Waals surface area contributed by atoms with E-state index in [4.69, 9.17) is 4.74 Å². The first-order valence-electron chi connectivity index (χ1n) is 8.30. The number of hydrogen-bond acceptors (Lipinski definition) is 3. The molecule has 0 spiro atoms. The summed E-state index contributed by atoms with van der Waals surface area (Å²) >= 11 is 0. The molecule has 1 aliphatic rings. The van der Waals surface area contributed by atoms with Gasteiger partial charge < -0.3 is 14.7 Å². The number of nitrogens with zero attached hydrogens (tertiary/aromatic N) is 1. The van der Waals surface area contributed by atoms with Crippen molar-refractivity contribution in [2.24, 2.45) is 5.92 Å². The van der Waals surface area contributed by atoms with E-state index in [9.17, 15) is 23.1 Å². The molecule has 7 heteroatoms. The zero-order valence-corrected chi connectivity index (χ0v) is 14.9. The summed E-state index contributed by atoms with van der Waals surface area (Å²) in [6, 6.07) is 4.26. The second-order valence-electron chi connectivity index (χ2n) is 7.22. The first kappa shape index (κ1) is 20.1. The lowest BCUT2D eigenvalue weighted by Gasteiger charge is -2.24. The molecule has 2 unspecified atom stereocenters. The van der Waals surface area contributed by atoms with E-state index in [2.05, 4.69) is 11.8 Å². The highest BCUT2D eigenvalue weighted by atomic mass is 19.4. The third-order valence-electron chi connectivity index (χ3n) is 3.82. The first-order valence-corrected chi connectivity index (χ1v) is 8.30. The van der Waals surface area contributed by atoms with Crippen molar-refractivity contribution in [3.05, 3.63) is 35.4 Å². The highest BCUT2D eigenvalue weighted by molar-refractivity contribution is 5.68. The number of rotatable bonds is 1. The number of benzene rings is 1. The second-order valence-corrected chi connectivity index (χ2v) is 7.22. The molecule has 2 atom stereocenters. The van der Waals surface area contributed by atoms with Gasteiger partial charge >= 0.3 is 12.3 Å². The third kappa shape index (κ3) is 5.67. The molecule has 0 aliphatic carbocycles. The van der Waals surface area contributed by atoms with E-state index < -0.39 is 29.5 Å². The molecule has 0 aromatic heterocycles. The SMILES string of the molecule is CC(C)(C)OC(=O)N1CCC(C#CC(O)c2ccc(C(F)(F)F)cc2)C1. The van der Waals surface area contributed by atoms with Crippen molar-refractivity contribution in [1.29, 1.82) is 0 Å². The van der Waals surface area contributed by atoms with Crippen LogP contribution in [0.25, 0.3) is 0 Å². The highest BCUT2D eigenvalue weighted by Gasteiger charge is 2.30. The molecule has 1 fully saturated rings. The van der Waals surface area contributed by atoms with Gasteiger partial charge in [-0.1, -0.05) is 24.0 Å². The fourth-order valence-corrected chi connectivity index (χ4v) is 2.50. The number of likely N-dealkylation sites (tertiary alicyclic amines) is 1. The van der Waals surface area contributed by atoms with Crippen LogP contribution in [-0.2, 0) is 10.9 Å². The highest BCUT2D eigenvalue weighted by Crippen LogP contribution is 2.30. The van der Waals surface area contributed by atoms with Crippen molar-refractivity contribution in [3.8, 4) is 11.8 Å². The molecular weight excluding hydrogens is 347 g/mol. The molecule has 1 amide bonds. The zero-order valence-electron chi connectivity index (χ0n) is 14.9. The monoisotopic (exact) mass is 369 g/mol. The quantitative estimate of drug-likeness (QED) is 0.762. The summed E-state index contributed by atoms with van der Waals surface area (Å²) in [4.78, 5) is 13.6. The van der Waals surface area contributed by atoms with E-state index in [-0.39, 0.29) is 5.92 Å². The summed E-state index contributed by atoms with van der Waals surface area (Å²) in [5.41, 5.74) is -1.04. The average molecular weight is 369 g/mol. The molecule has 4 nitrogen and oxygen atoms in total. The number of carbonyl (C=O) groups excluding carboxylic acids is 1. The van der Waals surface area contributed by atoms with Gasteiger partial charge in [0.25, 0.3) is 0 Å². The van der Waals surface area contributed by atoms with Crippen LogP contribution in [0.4, 0.5) is 18.0 Å². The van der Waals surface area contributed by atoms with Gasteiger partial charge in [-0.2, -0.15) is 13.2 Å². The van der Waals surface area contributed by atoms with Gasteiger partial charge in [0.2, 0.25) is 0 Å². The van der Waals surface area contributed by atoms with Crippen LogP contribution in [0.15, 0.2) is 24.3 Å². The molecule has 1 saturated heterocycles. The lowest BCUT2D eigenvalue weighted by atomic mass is 10.1. The topological polar surface area (TPSA) is 49.8 Å². The maximum atomic E-state index is 12.5. The summed E-state index contributed by atoms with van der Waals surface area (Å²) in [5, 5.41) is 10.0. The van der Waals surface area contributed by atoms with Gasteiger partial charge in [-0.3, -0.25) is 0 Å². The molecular formula is C19H22F3NO3. The van der Waals surface area contributed by atoms with E-state index in [0.29, 0.717) is 25.1 Å². The van der Waals surface area contributed by atoms with Gasteiger partial charge in [0, 0.05) is 19.0 Å². The molecule has 0 radical (unpaired) electrons. The summed E-state index contributed by atoms with van der Waals surface area (Å²) in [6.07, 6.45) is -5.33. The Morgan fingerprint density at radius 3 is 2.42 bits per heavy atom. The van der Waals surface area contributed by atoms with Gasteiger partial charge in [-0.15, -0.1) is 0 Å². The molecule has 26 heavy (non-hydrogen) atoms. The van der Waals surface area contributed by atoms with E-state index in [1.165, 1.54) is 12.1 Å². The fourth-order valence-electron chi connectivity index (χ4n) is 2.50. The van der Waals surface area contributed by atoms with Crippen LogP contribution < -0.4 is 0 Å². The summed E-state index contributed by atoms with van der Waals surface area (Å²) in [5.74, 6) is 5.45. The van der Waals surface area contributed by atoms with Gasteiger partial charge in [0.05, 0.1) is 5.56 Å². The maximum Gasteiger partial charge on any atom is 0.416 e. The molecule has 1 aliphatic heterocycles. The van der Waals surface area contributed by atoms with Crippen LogP contribution in [-0.4, -0.2) is 34.8 Å². The largest absolute Gasteiger partial charge is 0.444 e. The van der Waals surface area contributed by atoms with Crippen LogP contribution in [0.2, 0.25) is 0 Å². The Balaban J connectivity index is 1.94. The third-order valence-corrected chi connectivity index (χ3v) is 3.82. The lowest BCUT2D eigenvalue weighted by molar-refractivity contribution is -0.137. The lowest BCUT2D eigenvalue weighted by Crippen LogP contribution is -2.35. The number of aliphatic hydroxyl groups is 1. The van der Waals surface area contributed by atoms with Crippen LogP contribution in [0.1, 0.15) is 44.4 Å². The smallest absolute Gasteiger partial charge is 0.416 e. The van der Waals surface area contributed by atoms with E-state index in [1.807, 2.05) is 0 Å². The number of halogens is 3. The van der Waals surface area contributed by atoms with Crippen molar-refractivity contribution in [3.63, 3.8) is 0 Å². The minimum Gasteiger partial charge on any atom is -0.444 e. The van der Waals surface area contributed by atoms with E-state index in [0.717, 1.165) is 12.1 Å². The van der Waals surface area contributed by atoms with Crippen LogP contribution >= 0.6 is 0 Å². The Labute approximate surface area is 150 Å². The van der Waals surface area contributed by atoms with E-state index in [1.54, 1.807) is 25.7 Å². The number of hydrogen-bond donors (Lipinski definition) is 1. The Morgan fingerprint density at radius 1 is 1.27 bits per heavy atom. The Hall–Kier alpha value is -2.20. The predicted octanol–water partition coefficient (Wildman–Crippen LogP) is 4.00. The van der Waals surface area contributed by atoms with Gasteiger partial charge in [0.1, 0.15) is 11.7 Å². The summed E-state index contributed by atoms with van der Waals surface area (Å²) < 4.78 is 42.9. The van der Waals surface area contributed by atoms with Gasteiger partial charge in [0.15, 0.2) is 0 Å². The summed E-state index contributed by atoms with van der Waals surface area (Å²) in [7, 11) is 0. The summed E-state index contributed by atoms with van der Waals surface area (Å²) in [6.45, 7) is 6.29. The molecule has 142 valence electrons. The minimum absolute atomic E-state index is 0.105. The van der Waals surface area contributed by atoms with Crippen LogP contribution in [0.5, 0.6) is 0 Å². The van der Waals surface area contributed by atoms with Gasteiger partial charge in [-0.25, -0.2) is 4.79 Å². The first-order chi connectivity index (χ1) is 12.0. The fraction of sp³-hybridized carbons (Fsp3) is 0.526. The van der Waals surface area contributed by atoms with Crippen LogP contribution in [0, 0.1) is 17.8 Å². The van der Waals surface area contributed by atoms with E-state index >= 15 is 0 Å². The average Bonchev–Trinajstić information content (AvgIpc) is 2.99. The van der Waals surface area contributed by atoms with Crippen molar-refractivity contribution < 1.29 is 27.8 Å². The second kappa shape index (κ2) is 7.58. The molecule has 1 aromatic rings. The van der Waals surface area contributed by atoms with Crippen LogP contribution in [0.3, 0.4) is 0 Å². The van der Waals surface area contributed by atoms with Crippen molar-refractivity contribution >= 4 is 6.09 Å². The van der Waals surface area contributed by atoms with Crippen molar-refractivity contribution in [1.82, 2.24) is 4.90 Å². The molecule has 0 saturated carbocycles. The van der Waals surface area contributed by atoms with Crippen molar-refractivity contribution in [2.75, 3.05) is 13.1 Å². The van der Waals surface area contributed by atoms with Crippen molar-refractivity contribution in [2.45, 2.75) is 45.1 Å². The zero-order chi connectivity index (χ0) is 19.5. The molecule has 1 heterocycles. The molecule has 1 N–H and O–H groups in total. The predicted molar refractivity (Wildman–Crippen MR) is 90.1 cm³/mol.